The van der Waals surface area contributed by atoms with Crippen molar-refractivity contribution in [1.82, 2.24) is 10.3 Å². The first-order valence-corrected chi connectivity index (χ1v) is 7.45. The van der Waals surface area contributed by atoms with E-state index in [1.807, 2.05) is 12.4 Å². The van der Waals surface area contributed by atoms with Crippen LogP contribution in [0.25, 0.3) is 10.8 Å². The van der Waals surface area contributed by atoms with Gasteiger partial charge in [-0.25, -0.2) is 0 Å². The lowest BCUT2D eigenvalue weighted by Gasteiger charge is -2.29. The van der Waals surface area contributed by atoms with Crippen molar-refractivity contribution in [3.05, 3.63) is 42.2 Å². The molecule has 2 saturated heterocycles. The number of pyridine rings is 1. The van der Waals surface area contributed by atoms with Crippen molar-refractivity contribution >= 4 is 10.8 Å². The molecule has 0 saturated carbocycles. The average Bonchev–Trinajstić information content (AvgIpc) is 2.78. The summed E-state index contributed by atoms with van der Waals surface area (Å²) >= 11 is 0. The van der Waals surface area contributed by atoms with Crippen molar-refractivity contribution in [3.63, 3.8) is 0 Å². The molecule has 98 valence electrons. The number of hydrogen-bond donors (Lipinski definition) is 1. The molecular formula is C17H20N2. The molecule has 4 rings (SSSR count). The third-order valence-corrected chi connectivity index (χ3v) is 4.80. The van der Waals surface area contributed by atoms with Crippen molar-refractivity contribution in [3.8, 4) is 0 Å². The Hall–Kier alpha value is -1.41. The maximum Gasteiger partial charge on any atom is 0.0346 e. The van der Waals surface area contributed by atoms with Gasteiger partial charge in [-0.1, -0.05) is 12.1 Å². The third kappa shape index (κ3) is 2.25. The van der Waals surface area contributed by atoms with Crippen LogP contribution in [0.4, 0.5) is 0 Å². The fourth-order valence-corrected chi connectivity index (χ4v) is 3.94. The van der Waals surface area contributed by atoms with Gasteiger partial charge in [0.1, 0.15) is 0 Å². The van der Waals surface area contributed by atoms with E-state index in [2.05, 4.69) is 34.6 Å². The molecule has 0 radical (unpaired) electrons. The maximum absolute atomic E-state index is 4.22. The molecule has 2 bridgehead atoms. The minimum Gasteiger partial charge on any atom is -0.311 e. The second-order valence-electron chi connectivity index (χ2n) is 6.24. The van der Waals surface area contributed by atoms with Crippen LogP contribution >= 0.6 is 0 Å². The lowest BCUT2D eigenvalue weighted by Crippen LogP contribution is -2.38. The molecule has 2 fully saturated rings. The van der Waals surface area contributed by atoms with E-state index in [1.165, 1.54) is 48.4 Å². The van der Waals surface area contributed by atoms with Gasteiger partial charge in [-0.3, -0.25) is 4.98 Å². The highest BCUT2D eigenvalue weighted by Gasteiger charge is 2.33. The number of nitrogens with zero attached hydrogens (tertiary/aromatic N) is 1. The van der Waals surface area contributed by atoms with Crippen LogP contribution in [0.1, 0.15) is 31.2 Å². The molecule has 0 spiro atoms. The van der Waals surface area contributed by atoms with Gasteiger partial charge < -0.3 is 5.32 Å². The van der Waals surface area contributed by atoms with Gasteiger partial charge in [0.2, 0.25) is 0 Å². The molecule has 3 heterocycles. The Kier molecular flexibility index (Phi) is 2.77. The zero-order valence-corrected chi connectivity index (χ0v) is 11.2. The van der Waals surface area contributed by atoms with Crippen molar-refractivity contribution < 1.29 is 0 Å². The number of fused-ring (bicyclic) bond motifs is 3. The fraction of sp³-hybridized carbons (Fsp3) is 0.471. The second kappa shape index (κ2) is 4.61. The smallest absolute Gasteiger partial charge is 0.0346 e. The summed E-state index contributed by atoms with van der Waals surface area (Å²) in [6.07, 6.45) is 10.6. The molecular weight excluding hydrogens is 232 g/mol. The highest BCUT2D eigenvalue weighted by atomic mass is 15.0. The van der Waals surface area contributed by atoms with Crippen LogP contribution in [0.2, 0.25) is 0 Å². The number of benzene rings is 1. The standard InChI is InChI=1S/C17H20N2/c1-2-14-5-6-18-11-15(14)8-12(1)7-13-9-16-3-4-17(10-13)19-16/h1-2,5-6,8,11,13,16-17,19H,3-4,7,9-10H2. The molecule has 2 aliphatic rings. The molecule has 1 N–H and O–H groups in total. The quantitative estimate of drug-likeness (QED) is 0.887. The predicted octanol–water partition coefficient (Wildman–Crippen LogP) is 3.31. The van der Waals surface area contributed by atoms with Gasteiger partial charge in [0.15, 0.2) is 0 Å². The largest absolute Gasteiger partial charge is 0.311 e. The molecule has 2 nitrogen and oxygen atoms in total. The lowest BCUT2D eigenvalue weighted by atomic mass is 9.87. The van der Waals surface area contributed by atoms with Gasteiger partial charge in [0.05, 0.1) is 0 Å². The normalized spacial score (nSPS) is 29.8. The van der Waals surface area contributed by atoms with Gasteiger partial charge >= 0.3 is 0 Å². The zero-order chi connectivity index (χ0) is 12.7. The van der Waals surface area contributed by atoms with Crippen molar-refractivity contribution in [2.45, 2.75) is 44.2 Å². The molecule has 2 aliphatic heterocycles. The summed E-state index contributed by atoms with van der Waals surface area (Å²) in [4.78, 5) is 4.22. The van der Waals surface area contributed by atoms with E-state index in [9.17, 15) is 0 Å². The summed E-state index contributed by atoms with van der Waals surface area (Å²) in [5, 5.41) is 6.30. The van der Waals surface area contributed by atoms with Gasteiger partial charge in [0.25, 0.3) is 0 Å². The number of piperidine rings is 1. The van der Waals surface area contributed by atoms with E-state index < -0.39 is 0 Å². The van der Waals surface area contributed by atoms with Crippen molar-refractivity contribution in [2.75, 3.05) is 0 Å². The SMILES string of the molecule is c1cc2ccc(CC3CC4CCC(C3)N4)cc2cn1. The number of aromatic nitrogens is 1. The first kappa shape index (κ1) is 11.4. The second-order valence-corrected chi connectivity index (χ2v) is 6.24. The van der Waals surface area contributed by atoms with E-state index in [1.54, 1.807) is 0 Å². The van der Waals surface area contributed by atoms with Crippen LogP contribution in [0.3, 0.4) is 0 Å². The third-order valence-electron chi connectivity index (χ3n) is 4.80. The maximum atomic E-state index is 4.22. The summed E-state index contributed by atoms with van der Waals surface area (Å²) in [6.45, 7) is 0. The van der Waals surface area contributed by atoms with Gasteiger partial charge in [-0.15, -0.1) is 0 Å². The zero-order valence-electron chi connectivity index (χ0n) is 11.2. The highest BCUT2D eigenvalue weighted by Crippen LogP contribution is 2.33. The van der Waals surface area contributed by atoms with Crippen LogP contribution in [0.5, 0.6) is 0 Å². The van der Waals surface area contributed by atoms with Crippen LogP contribution in [0, 0.1) is 5.92 Å². The molecule has 2 atom stereocenters. The van der Waals surface area contributed by atoms with E-state index >= 15 is 0 Å². The van der Waals surface area contributed by atoms with Gasteiger partial charge in [0, 0.05) is 29.9 Å². The summed E-state index contributed by atoms with van der Waals surface area (Å²) in [5.74, 6) is 0.868. The molecule has 2 heteroatoms. The monoisotopic (exact) mass is 252 g/mol. The fourth-order valence-electron chi connectivity index (χ4n) is 3.94. The average molecular weight is 252 g/mol. The van der Waals surface area contributed by atoms with Gasteiger partial charge in [-0.05, 0) is 61.1 Å². The summed E-state index contributed by atoms with van der Waals surface area (Å²) < 4.78 is 0. The Balaban J connectivity index is 1.54. The summed E-state index contributed by atoms with van der Waals surface area (Å²) in [6, 6.07) is 10.5. The lowest BCUT2D eigenvalue weighted by molar-refractivity contribution is 0.298. The Labute approximate surface area is 114 Å². The van der Waals surface area contributed by atoms with E-state index in [0.29, 0.717) is 0 Å². The Morgan fingerprint density at radius 2 is 1.89 bits per heavy atom. The summed E-state index contributed by atoms with van der Waals surface area (Å²) in [7, 11) is 0. The molecule has 19 heavy (non-hydrogen) atoms. The van der Waals surface area contributed by atoms with Crippen LogP contribution in [0.15, 0.2) is 36.7 Å². The number of rotatable bonds is 2. The summed E-state index contributed by atoms with van der Waals surface area (Å²) in [5.41, 5.74) is 1.48. The molecule has 2 unspecified atom stereocenters. The van der Waals surface area contributed by atoms with Crippen molar-refractivity contribution in [2.24, 2.45) is 5.92 Å². The molecule has 2 aromatic rings. The van der Waals surface area contributed by atoms with E-state index in [0.717, 1.165) is 18.0 Å². The predicted molar refractivity (Wildman–Crippen MR) is 78.1 cm³/mol. The topological polar surface area (TPSA) is 24.9 Å². The Morgan fingerprint density at radius 1 is 1.05 bits per heavy atom. The van der Waals surface area contributed by atoms with Gasteiger partial charge in [-0.2, -0.15) is 0 Å². The van der Waals surface area contributed by atoms with Crippen LogP contribution in [-0.2, 0) is 6.42 Å². The Bertz CT molecular complexity index is 581. The number of hydrogen-bond acceptors (Lipinski definition) is 2. The minimum absolute atomic E-state index is 0.797. The van der Waals surface area contributed by atoms with E-state index in [4.69, 9.17) is 0 Å². The minimum atomic E-state index is 0.797. The van der Waals surface area contributed by atoms with Crippen molar-refractivity contribution in [1.29, 1.82) is 0 Å². The molecule has 0 aliphatic carbocycles. The molecule has 1 aromatic heterocycles. The number of nitrogens with one attached hydrogen (secondary N) is 1. The van der Waals surface area contributed by atoms with Crippen LogP contribution < -0.4 is 5.32 Å². The molecule has 0 amide bonds. The Morgan fingerprint density at radius 3 is 2.74 bits per heavy atom. The highest BCUT2D eigenvalue weighted by molar-refractivity contribution is 5.81. The van der Waals surface area contributed by atoms with Crippen LogP contribution in [-0.4, -0.2) is 17.1 Å². The first-order valence-electron chi connectivity index (χ1n) is 7.45. The first-order chi connectivity index (χ1) is 9.37. The molecule has 1 aromatic carbocycles. The van der Waals surface area contributed by atoms with E-state index in [-0.39, 0.29) is 0 Å².